The van der Waals surface area contributed by atoms with Gasteiger partial charge in [0, 0.05) is 11.8 Å². The molecule has 0 bridgehead atoms. The predicted octanol–water partition coefficient (Wildman–Crippen LogP) is 3.87. The molecule has 0 radical (unpaired) electrons. The summed E-state index contributed by atoms with van der Waals surface area (Å²) in [5.74, 6) is 1.07. The molecule has 0 amide bonds. The average molecular weight is 390 g/mol. The van der Waals surface area contributed by atoms with Crippen LogP contribution in [0.1, 0.15) is 5.69 Å². The van der Waals surface area contributed by atoms with Crippen molar-refractivity contribution in [1.29, 1.82) is 0 Å². The second-order valence-corrected chi connectivity index (χ2v) is 5.55. The number of hydrogen-bond donors (Lipinski definition) is 1. The summed E-state index contributed by atoms with van der Waals surface area (Å²) in [4.78, 5) is 12.3. The topological polar surface area (TPSA) is 99.2 Å². The highest BCUT2D eigenvalue weighted by Crippen LogP contribution is 2.41. The quantitative estimate of drug-likeness (QED) is 0.504. The van der Waals surface area contributed by atoms with Crippen LogP contribution in [0.4, 0.5) is 5.69 Å². The monoisotopic (exact) mass is 389 g/mol. The molecule has 0 saturated carbocycles. The van der Waals surface area contributed by atoms with Crippen molar-refractivity contribution in [2.75, 3.05) is 21.3 Å². The second-order valence-electron chi connectivity index (χ2n) is 5.19. The Balaban J connectivity index is 1.98. The van der Waals surface area contributed by atoms with E-state index in [9.17, 15) is 5.11 Å². The van der Waals surface area contributed by atoms with Crippen LogP contribution in [0.2, 0.25) is 5.15 Å². The molecule has 9 heteroatoms. The Labute approximate surface area is 160 Å². The number of nitrogens with zero attached hydrogens (tertiary/aromatic N) is 3. The summed E-state index contributed by atoms with van der Waals surface area (Å²) < 4.78 is 21.3. The highest BCUT2D eigenvalue weighted by Gasteiger charge is 2.19. The highest BCUT2D eigenvalue weighted by molar-refractivity contribution is 6.31. The first-order valence-corrected chi connectivity index (χ1v) is 8.10. The van der Waals surface area contributed by atoms with Gasteiger partial charge in [-0.25, -0.2) is 9.97 Å². The van der Waals surface area contributed by atoms with Gasteiger partial charge in [-0.1, -0.05) is 11.6 Å². The molecule has 0 aliphatic rings. The number of benzene rings is 1. The standard InChI is InChI=1S/C18H16ClN3O5/c1-24-13-7-10(8-14(25-2)15(13)26-3)17-22-12(18(23)27-17)9-21-11-5-4-6-20-16(11)19/h4-9,23H,1-3H3. The molecule has 8 nitrogen and oxygen atoms in total. The average Bonchev–Trinajstić information content (AvgIpc) is 3.06. The van der Waals surface area contributed by atoms with Crippen molar-refractivity contribution in [2.45, 2.75) is 0 Å². The van der Waals surface area contributed by atoms with Gasteiger partial charge in [0.25, 0.3) is 0 Å². The highest BCUT2D eigenvalue weighted by atomic mass is 35.5. The predicted molar refractivity (Wildman–Crippen MR) is 99.8 cm³/mol. The molecule has 3 aromatic rings. The Morgan fingerprint density at radius 2 is 1.85 bits per heavy atom. The lowest BCUT2D eigenvalue weighted by Gasteiger charge is -2.12. The first kappa shape index (κ1) is 18.5. The minimum atomic E-state index is -0.387. The van der Waals surface area contributed by atoms with Crippen molar-refractivity contribution < 1.29 is 23.7 Å². The van der Waals surface area contributed by atoms with Crippen LogP contribution in [0, 0.1) is 0 Å². The van der Waals surface area contributed by atoms with Crippen molar-refractivity contribution >= 4 is 23.5 Å². The van der Waals surface area contributed by atoms with E-state index in [4.69, 9.17) is 30.2 Å². The lowest BCUT2D eigenvalue weighted by atomic mass is 10.2. The normalized spacial score (nSPS) is 11.0. The summed E-state index contributed by atoms with van der Waals surface area (Å²) in [6.45, 7) is 0. The fraction of sp³-hybridized carbons (Fsp3) is 0.167. The summed E-state index contributed by atoms with van der Waals surface area (Å²) in [6, 6.07) is 6.70. The van der Waals surface area contributed by atoms with Crippen LogP contribution in [0.3, 0.4) is 0 Å². The zero-order valence-electron chi connectivity index (χ0n) is 14.8. The van der Waals surface area contributed by atoms with E-state index >= 15 is 0 Å². The van der Waals surface area contributed by atoms with Crippen molar-refractivity contribution in [3.8, 4) is 34.6 Å². The van der Waals surface area contributed by atoms with E-state index in [2.05, 4.69) is 15.0 Å². The summed E-state index contributed by atoms with van der Waals surface area (Å²) in [5.41, 5.74) is 1.11. The van der Waals surface area contributed by atoms with Crippen molar-refractivity contribution in [2.24, 2.45) is 4.99 Å². The van der Waals surface area contributed by atoms with E-state index < -0.39 is 0 Å². The van der Waals surface area contributed by atoms with E-state index in [1.165, 1.54) is 27.5 Å². The van der Waals surface area contributed by atoms with Gasteiger partial charge >= 0.3 is 5.95 Å². The Hall–Kier alpha value is -3.26. The molecular formula is C18H16ClN3O5. The Bertz CT molecular complexity index is 962. The number of rotatable bonds is 6. The van der Waals surface area contributed by atoms with E-state index in [-0.39, 0.29) is 22.7 Å². The first-order chi connectivity index (χ1) is 13.1. The molecule has 0 aliphatic heterocycles. The third-order valence-electron chi connectivity index (χ3n) is 3.61. The van der Waals surface area contributed by atoms with Crippen LogP contribution in [0.5, 0.6) is 23.2 Å². The number of halogens is 1. The van der Waals surface area contributed by atoms with E-state index in [0.717, 1.165) is 0 Å². The molecule has 3 rings (SSSR count). The first-order valence-electron chi connectivity index (χ1n) is 7.72. The number of hydrogen-bond acceptors (Lipinski definition) is 8. The maximum Gasteiger partial charge on any atom is 0.312 e. The third-order valence-corrected chi connectivity index (χ3v) is 3.90. The molecule has 27 heavy (non-hydrogen) atoms. The second kappa shape index (κ2) is 7.96. The molecule has 140 valence electrons. The smallest absolute Gasteiger partial charge is 0.312 e. The number of aliphatic imine (C=N–C) groups is 1. The molecule has 0 unspecified atom stereocenters. The fourth-order valence-electron chi connectivity index (χ4n) is 2.34. The lowest BCUT2D eigenvalue weighted by molar-refractivity contribution is 0.323. The summed E-state index contributed by atoms with van der Waals surface area (Å²) in [6.07, 6.45) is 2.89. The number of pyridine rings is 1. The Kier molecular flexibility index (Phi) is 5.46. The molecule has 1 N–H and O–H groups in total. The van der Waals surface area contributed by atoms with Gasteiger partial charge in [0.15, 0.2) is 22.3 Å². The maximum atomic E-state index is 10.0. The number of ether oxygens (including phenoxy) is 3. The molecule has 0 atom stereocenters. The Morgan fingerprint density at radius 1 is 1.15 bits per heavy atom. The lowest BCUT2D eigenvalue weighted by Crippen LogP contribution is -1.95. The van der Waals surface area contributed by atoms with E-state index in [1.807, 2.05) is 0 Å². The zero-order chi connectivity index (χ0) is 19.4. The van der Waals surface area contributed by atoms with Crippen LogP contribution < -0.4 is 14.2 Å². The van der Waals surface area contributed by atoms with Gasteiger partial charge in [0.2, 0.25) is 11.6 Å². The van der Waals surface area contributed by atoms with Crippen molar-refractivity contribution in [1.82, 2.24) is 9.97 Å². The number of methoxy groups -OCH3 is 3. The number of aromatic hydroxyl groups is 1. The van der Waals surface area contributed by atoms with Gasteiger partial charge in [-0.2, -0.15) is 0 Å². The number of oxazole rings is 1. The van der Waals surface area contributed by atoms with Gasteiger partial charge in [-0.15, -0.1) is 0 Å². The molecule has 0 spiro atoms. The van der Waals surface area contributed by atoms with Crippen LogP contribution >= 0.6 is 11.6 Å². The van der Waals surface area contributed by atoms with Gasteiger partial charge in [-0.3, -0.25) is 4.99 Å². The van der Waals surface area contributed by atoms with Gasteiger partial charge < -0.3 is 23.7 Å². The van der Waals surface area contributed by atoms with Crippen molar-refractivity contribution in [3.05, 3.63) is 41.3 Å². The largest absolute Gasteiger partial charge is 0.493 e. The SMILES string of the molecule is COc1cc(-c2nc(C=Nc3cccnc3Cl)c(O)o2)cc(OC)c1OC. The molecule has 0 fully saturated rings. The Morgan fingerprint density at radius 3 is 2.44 bits per heavy atom. The van der Waals surface area contributed by atoms with E-state index in [1.54, 1.807) is 30.5 Å². The molecule has 1 aromatic carbocycles. The zero-order valence-corrected chi connectivity index (χ0v) is 15.5. The third kappa shape index (κ3) is 3.80. The van der Waals surface area contributed by atoms with Gasteiger partial charge in [0.05, 0.1) is 27.5 Å². The fourth-order valence-corrected chi connectivity index (χ4v) is 2.51. The van der Waals surface area contributed by atoms with Crippen LogP contribution in [0.25, 0.3) is 11.5 Å². The van der Waals surface area contributed by atoms with Crippen LogP contribution in [-0.2, 0) is 0 Å². The van der Waals surface area contributed by atoms with Crippen molar-refractivity contribution in [3.63, 3.8) is 0 Å². The minimum Gasteiger partial charge on any atom is -0.493 e. The number of aromatic nitrogens is 2. The van der Waals surface area contributed by atoms with Crippen LogP contribution in [-0.4, -0.2) is 42.6 Å². The minimum absolute atomic E-state index is 0.138. The van der Waals surface area contributed by atoms with Crippen LogP contribution in [0.15, 0.2) is 39.9 Å². The molecule has 2 heterocycles. The van der Waals surface area contributed by atoms with Gasteiger partial charge in [0.1, 0.15) is 5.69 Å². The van der Waals surface area contributed by atoms with Gasteiger partial charge in [-0.05, 0) is 24.3 Å². The van der Waals surface area contributed by atoms with E-state index in [0.29, 0.717) is 28.5 Å². The molecular weight excluding hydrogens is 374 g/mol. The maximum absolute atomic E-state index is 10.0. The summed E-state index contributed by atoms with van der Waals surface area (Å²) in [7, 11) is 4.52. The molecule has 0 saturated heterocycles. The molecule has 2 aromatic heterocycles. The summed E-state index contributed by atoms with van der Waals surface area (Å²) in [5, 5.41) is 10.3. The molecule has 0 aliphatic carbocycles. The summed E-state index contributed by atoms with van der Waals surface area (Å²) >= 11 is 5.96.